The Kier molecular flexibility index (Phi) is 4.31. The van der Waals surface area contributed by atoms with E-state index in [0.717, 1.165) is 16.3 Å². The van der Waals surface area contributed by atoms with Crippen molar-refractivity contribution in [3.63, 3.8) is 0 Å². The number of benzene rings is 1. The van der Waals surface area contributed by atoms with E-state index in [1.54, 1.807) is 12.1 Å². The van der Waals surface area contributed by atoms with Crippen LogP contribution in [0.5, 0.6) is 0 Å². The van der Waals surface area contributed by atoms with Crippen molar-refractivity contribution in [1.29, 1.82) is 0 Å². The molecule has 2 aromatic rings. The van der Waals surface area contributed by atoms with E-state index in [4.69, 9.17) is 27.9 Å². The van der Waals surface area contributed by atoms with E-state index in [2.05, 4.69) is 10.2 Å². The van der Waals surface area contributed by atoms with Crippen LogP contribution in [0.15, 0.2) is 36.4 Å². The third-order valence-corrected chi connectivity index (χ3v) is 2.57. The molecule has 0 spiro atoms. The zero-order chi connectivity index (χ0) is 12.1. The standard InChI is InChI=1S/C12H10Cl2N2O/c13-10-3-1-9(2-4-10)7-17-8-11-5-6-12(14)16-15-11/h1-6H,7-8H2. The zero-order valence-electron chi connectivity index (χ0n) is 8.94. The van der Waals surface area contributed by atoms with Crippen LogP contribution in [0.25, 0.3) is 0 Å². The molecule has 0 fully saturated rings. The summed E-state index contributed by atoms with van der Waals surface area (Å²) < 4.78 is 5.50. The molecule has 0 unspecified atom stereocenters. The topological polar surface area (TPSA) is 35.0 Å². The van der Waals surface area contributed by atoms with Crippen LogP contribution in [0.4, 0.5) is 0 Å². The van der Waals surface area contributed by atoms with E-state index >= 15 is 0 Å². The highest BCUT2D eigenvalue weighted by molar-refractivity contribution is 6.30. The molecule has 0 aliphatic carbocycles. The fraction of sp³-hybridized carbons (Fsp3) is 0.167. The molecular formula is C12H10Cl2N2O. The zero-order valence-corrected chi connectivity index (χ0v) is 10.4. The first-order chi connectivity index (χ1) is 8.24. The molecule has 0 saturated heterocycles. The Balaban J connectivity index is 1.83. The Morgan fingerprint density at radius 2 is 1.65 bits per heavy atom. The SMILES string of the molecule is Clc1ccc(COCc2ccc(Cl)nn2)cc1. The van der Waals surface area contributed by atoms with Gasteiger partial charge < -0.3 is 4.74 Å². The van der Waals surface area contributed by atoms with E-state index in [9.17, 15) is 0 Å². The number of aromatic nitrogens is 2. The van der Waals surface area contributed by atoms with Crippen molar-refractivity contribution in [1.82, 2.24) is 10.2 Å². The average Bonchev–Trinajstić information content (AvgIpc) is 2.34. The lowest BCUT2D eigenvalue weighted by Gasteiger charge is -2.03. The Morgan fingerprint density at radius 3 is 2.29 bits per heavy atom. The minimum atomic E-state index is 0.381. The first-order valence-corrected chi connectivity index (χ1v) is 5.80. The number of ether oxygens (including phenoxy) is 1. The first kappa shape index (κ1) is 12.3. The highest BCUT2D eigenvalue weighted by atomic mass is 35.5. The Morgan fingerprint density at radius 1 is 0.882 bits per heavy atom. The van der Waals surface area contributed by atoms with Gasteiger partial charge in [0, 0.05) is 5.02 Å². The molecule has 0 amide bonds. The third kappa shape index (κ3) is 3.97. The molecule has 0 radical (unpaired) electrons. The van der Waals surface area contributed by atoms with Crippen LogP contribution in [-0.4, -0.2) is 10.2 Å². The summed E-state index contributed by atoms with van der Waals surface area (Å²) in [6, 6.07) is 11.0. The second-order valence-electron chi connectivity index (χ2n) is 3.47. The molecule has 1 heterocycles. The van der Waals surface area contributed by atoms with E-state index in [-0.39, 0.29) is 0 Å². The summed E-state index contributed by atoms with van der Waals surface area (Å²) in [6.07, 6.45) is 0. The van der Waals surface area contributed by atoms with Crippen LogP contribution >= 0.6 is 23.2 Å². The summed E-state index contributed by atoms with van der Waals surface area (Å²) in [7, 11) is 0. The van der Waals surface area contributed by atoms with Crippen LogP contribution in [0.2, 0.25) is 10.2 Å². The summed E-state index contributed by atoms with van der Waals surface area (Å²) in [5.74, 6) is 0. The molecule has 5 heteroatoms. The van der Waals surface area contributed by atoms with Gasteiger partial charge in [-0.25, -0.2) is 0 Å². The molecule has 0 aliphatic heterocycles. The quantitative estimate of drug-likeness (QED) is 0.852. The van der Waals surface area contributed by atoms with Gasteiger partial charge in [-0.2, -0.15) is 5.10 Å². The number of hydrogen-bond acceptors (Lipinski definition) is 3. The molecule has 0 atom stereocenters. The summed E-state index contributed by atoms with van der Waals surface area (Å²) in [5, 5.41) is 8.73. The van der Waals surface area contributed by atoms with E-state index in [1.165, 1.54) is 0 Å². The molecule has 3 nitrogen and oxygen atoms in total. The average molecular weight is 269 g/mol. The van der Waals surface area contributed by atoms with Gasteiger partial charge in [0.05, 0.1) is 18.9 Å². The van der Waals surface area contributed by atoms with Gasteiger partial charge in [0.15, 0.2) is 5.15 Å². The predicted octanol–water partition coefficient (Wildman–Crippen LogP) is 3.50. The summed E-state index contributed by atoms with van der Waals surface area (Å²) in [6.45, 7) is 0.925. The third-order valence-electron chi connectivity index (χ3n) is 2.12. The molecule has 0 N–H and O–H groups in total. The van der Waals surface area contributed by atoms with E-state index < -0.39 is 0 Å². The maximum absolute atomic E-state index is 5.78. The van der Waals surface area contributed by atoms with Crippen molar-refractivity contribution in [3.05, 3.63) is 57.8 Å². The van der Waals surface area contributed by atoms with Crippen molar-refractivity contribution < 1.29 is 4.74 Å². The second-order valence-corrected chi connectivity index (χ2v) is 4.29. The van der Waals surface area contributed by atoms with Crippen LogP contribution < -0.4 is 0 Å². The van der Waals surface area contributed by atoms with Crippen LogP contribution in [0.1, 0.15) is 11.3 Å². The molecule has 1 aromatic carbocycles. The second kappa shape index (κ2) is 5.96. The smallest absolute Gasteiger partial charge is 0.151 e. The number of rotatable bonds is 4. The monoisotopic (exact) mass is 268 g/mol. The molecule has 0 saturated carbocycles. The molecular weight excluding hydrogens is 259 g/mol. The van der Waals surface area contributed by atoms with Gasteiger partial charge in [-0.1, -0.05) is 35.3 Å². The lowest BCUT2D eigenvalue weighted by Crippen LogP contribution is -1.97. The number of hydrogen-bond donors (Lipinski definition) is 0. The van der Waals surface area contributed by atoms with Gasteiger partial charge in [-0.05, 0) is 29.8 Å². The maximum Gasteiger partial charge on any atom is 0.151 e. The molecule has 0 aliphatic rings. The van der Waals surface area contributed by atoms with Gasteiger partial charge in [0.2, 0.25) is 0 Å². The molecule has 88 valence electrons. The predicted molar refractivity (Wildman–Crippen MR) is 67.0 cm³/mol. The minimum absolute atomic E-state index is 0.381. The summed E-state index contributed by atoms with van der Waals surface area (Å²) >= 11 is 11.4. The number of halogens is 2. The lowest BCUT2D eigenvalue weighted by atomic mass is 10.2. The van der Waals surface area contributed by atoms with E-state index in [0.29, 0.717) is 18.4 Å². The van der Waals surface area contributed by atoms with Crippen molar-refractivity contribution in [2.24, 2.45) is 0 Å². The first-order valence-electron chi connectivity index (χ1n) is 5.04. The van der Waals surface area contributed by atoms with Crippen molar-refractivity contribution in [2.45, 2.75) is 13.2 Å². The van der Waals surface area contributed by atoms with Crippen LogP contribution in [0.3, 0.4) is 0 Å². The normalized spacial score (nSPS) is 10.5. The maximum atomic E-state index is 5.78. The van der Waals surface area contributed by atoms with Gasteiger partial charge in [0.25, 0.3) is 0 Å². The molecule has 17 heavy (non-hydrogen) atoms. The van der Waals surface area contributed by atoms with Crippen LogP contribution in [-0.2, 0) is 18.0 Å². The number of nitrogens with zero attached hydrogens (tertiary/aromatic N) is 2. The molecule has 0 bridgehead atoms. The van der Waals surface area contributed by atoms with Crippen LogP contribution in [0, 0.1) is 0 Å². The summed E-state index contributed by atoms with van der Waals surface area (Å²) in [5.41, 5.74) is 1.82. The minimum Gasteiger partial charge on any atom is -0.370 e. The largest absolute Gasteiger partial charge is 0.370 e. The van der Waals surface area contributed by atoms with Gasteiger partial charge in [0.1, 0.15) is 0 Å². The fourth-order valence-corrected chi connectivity index (χ4v) is 1.50. The van der Waals surface area contributed by atoms with Crippen molar-refractivity contribution in [3.8, 4) is 0 Å². The van der Waals surface area contributed by atoms with Crippen molar-refractivity contribution >= 4 is 23.2 Å². The molecule has 1 aromatic heterocycles. The Bertz CT molecular complexity index is 425. The van der Waals surface area contributed by atoms with Gasteiger partial charge >= 0.3 is 0 Å². The van der Waals surface area contributed by atoms with Gasteiger partial charge in [-0.3, -0.25) is 0 Å². The van der Waals surface area contributed by atoms with Gasteiger partial charge in [-0.15, -0.1) is 5.10 Å². The Hall–Kier alpha value is -1.16. The fourth-order valence-electron chi connectivity index (χ4n) is 1.27. The van der Waals surface area contributed by atoms with Crippen molar-refractivity contribution in [2.75, 3.05) is 0 Å². The lowest BCUT2D eigenvalue weighted by molar-refractivity contribution is 0.104. The molecule has 2 rings (SSSR count). The highest BCUT2D eigenvalue weighted by Gasteiger charge is 1.98. The highest BCUT2D eigenvalue weighted by Crippen LogP contribution is 2.11. The summed E-state index contributed by atoms with van der Waals surface area (Å²) in [4.78, 5) is 0. The Labute approximate surface area is 109 Å². The van der Waals surface area contributed by atoms with E-state index in [1.807, 2.05) is 24.3 Å².